The van der Waals surface area contributed by atoms with Crippen molar-refractivity contribution in [1.82, 2.24) is 4.90 Å². The molecule has 0 aromatic heterocycles. The lowest BCUT2D eigenvalue weighted by Crippen LogP contribution is -2.51. The van der Waals surface area contributed by atoms with E-state index in [4.69, 9.17) is 16.3 Å². The molecule has 1 heterocycles. The van der Waals surface area contributed by atoms with Crippen molar-refractivity contribution in [3.8, 4) is 0 Å². The number of hydrogen-bond acceptors (Lipinski definition) is 2. The van der Waals surface area contributed by atoms with Crippen molar-refractivity contribution >= 4 is 33.4 Å². The second-order valence-corrected chi connectivity index (χ2v) is 5.65. The van der Waals surface area contributed by atoms with Crippen LogP contribution < -0.4 is 0 Å². The lowest BCUT2D eigenvalue weighted by Gasteiger charge is -2.37. The number of amides is 1. The third-order valence-electron chi connectivity index (χ3n) is 3.03. The van der Waals surface area contributed by atoms with E-state index < -0.39 is 0 Å². The summed E-state index contributed by atoms with van der Waals surface area (Å²) >= 11 is 9.16. The van der Waals surface area contributed by atoms with E-state index in [-0.39, 0.29) is 18.1 Å². The van der Waals surface area contributed by atoms with E-state index in [1.165, 1.54) is 0 Å². The summed E-state index contributed by atoms with van der Waals surface area (Å²) in [6.45, 7) is 3.08. The van der Waals surface area contributed by atoms with Crippen LogP contribution >= 0.6 is 27.5 Å². The summed E-state index contributed by atoms with van der Waals surface area (Å²) in [5.74, 6) is 0.449. The first-order valence-electron chi connectivity index (χ1n) is 5.86. The van der Waals surface area contributed by atoms with Gasteiger partial charge in [-0.1, -0.05) is 15.9 Å². The second kappa shape index (κ2) is 6.04. The summed E-state index contributed by atoms with van der Waals surface area (Å²) in [4.78, 5) is 14.2. The highest BCUT2D eigenvalue weighted by Gasteiger charge is 2.29. The van der Waals surface area contributed by atoms with Crippen molar-refractivity contribution in [3.05, 3.63) is 34.3 Å². The fourth-order valence-electron chi connectivity index (χ4n) is 1.95. The molecule has 3 nitrogen and oxygen atoms in total. The van der Waals surface area contributed by atoms with Gasteiger partial charge in [-0.25, -0.2) is 0 Å². The molecule has 1 aliphatic heterocycles. The zero-order valence-electron chi connectivity index (χ0n) is 10.1. The van der Waals surface area contributed by atoms with Crippen molar-refractivity contribution in [2.24, 2.45) is 0 Å². The first-order chi connectivity index (χ1) is 8.61. The van der Waals surface area contributed by atoms with Gasteiger partial charge in [0.25, 0.3) is 5.91 Å². The Morgan fingerprint density at radius 1 is 1.50 bits per heavy atom. The SMILES string of the molecule is CC1COC(CCl)CN1C(=O)c1ccc(Br)cc1. The van der Waals surface area contributed by atoms with Gasteiger partial charge in [0, 0.05) is 16.6 Å². The topological polar surface area (TPSA) is 29.5 Å². The van der Waals surface area contributed by atoms with Crippen LogP contribution in [-0.2, 0) is 4.74 Å². The van der Waals surface area contributed by atoms with Gasteiger partial charge in [0.15, 0.2) is 0 Å². The zero-order valence-corrected chi connectivity index (χ0v) is 12.4. The van der Waals surface area contributed by atoms with E-state index >= 15 is 0 Å². The Bertz CT molecular complexity index is 424. The van der Waals surface area contributed by atoms with Crippen molar-refractivity contribution in [2.75, 3.05) is 19.0 Å². The van der Waals surface area contributed by atoms with E-state index in [1.54, 1.807) is 0 Å². The van der Waals surface area contributed by atoms with Crippen LogP contribution in [-0.4, -0.2) is 42.0 Å². The Hall–Kier alpha value is -0.580. The van der Waals surface area contributed by atoms with Gasteiger partial charge < -0.3 is 9.64 Å². The minimum Gasteiger partial charge on any atom is -0.373 e. The Labute approximate surface area is 120 Å². The van der Waals surface area contributed by atoms with E-state index in [2.05, 4.69) is 15.9 Å². The van der Waals surface area contributed by atoms with Crippen LogP contribution in [0.4, 0.5) is 0 Å². The normalized spacial score (nSPS) is 24.1. The van der Waals surface area contributed by atoms with E-state index in [9.17, 15) is 4.79 Å². The summed E-state index contributed by atoms with van der Waals surface area (Å²) in [7, 11) is 0. The van der Waals surface area contributed by atoms with Crippen LogP contribution in [0, 0.1) is 0 Å². The van der Waals surface area contributed by atoms with Crippen LogP contribution in [0.3, 0.4) is 0 Å². The van der Waals surface area contributed by atoms with Crippen molar-refractivity contribution in [1.29, 1.82) is 0 Å². The maximum absolute atomic E-state index is 12.4. The Kier molecular flexibility index (Phi) is 4.65. The first kappa shape index (κ1) is 13.8. The number of halogens is 2. The molecule has 0 N–H and O–H groups in total. The average Bonchev–Trinajstić information content (AvgIpc) is 2.39. The molecular weight excluding hydrogens is 318 g/mol. The highest BCUT2D eigenvalue weighted by Crippen LogP contribution is 2.18. The number of morpholine rings is 1. The Morgan fingerprint density at radius 2 is 2.17 bits per heavy atom. The largest absolute Gasteiger partial charge is 0.373 e. The molecule has 1 fully saturated rings. The van der Waals surface area contributed by atoms with Crippen LogP contribution in [0.15, 0.2) is 28.7 Å². The quantitative estimate of drug-likeness (QED) is 0.779. The minimum absolute atomic E-state index is 0.0356. The van der Waals surface area contributed by atoms with Gasteiger partial charge in [-0.2, -0.15) is 0 Å². The highest BCUT2D eigenvalue weighted by molar-refractivity contribution is 9.10. The molecule has 0 aliphatic carbocycles. The van der Waals surface area contributed by atoms with Gasteiger partial charge in [-0.15, -0.1) is 11.6 Å². The van der Waals surface area contributed by atoms with Crippen molar-refractivity contribution in [2.45, 2.75) is 19.1 Å². The number of carbonyl (C=O) groups excluding carboxylic acids is 1. The minimum atomic E-state index is -0.0673. The number of hydrogen-bond donors (Lipinski definition) is 0. The molecule has 2 atom stereocenters. The Balaban J connectivity index is 2.13. The van der Waals surface area contributed by atoms with Gasteiger partial charge in [0.1, 0.15) is 0 Å². The van der Waals surface area contributed by atoms with Crippen LogP contribution in [0.1, 0.15) is 17.3 Å². The molecule has 0 spiro atoms. The molecule has 0 saturated carbocycles. The zero-order chi connectivity index (χ0) is 13.1. The van der Waals surface area contributed by atoms with Gasteiger partial charge in [0.05, 0.1) is 24.6 Å². The third-order valence-corrected chi connectivity index (χ3v) is 3.90. The fourth-order valence-corrected chi connectivity index (χ4v) is 2.40. The van der Waals surface area contributed by atoms with Gasteiger partial charge >= 0.3 is 0 Å². The average molecular weight is 333 g/mol. The summed E-state index contributed by atoms with van der Waals surface area (Å²) in [5, 5.41) is 0. The van der Waals surface area contributed by atoms with Gasteiger partial charge in [-0.3, -0.25) is 4.79 Å². The monoisotopic (exact) mass is 331 g/mol. The standard InChI is InChI=1S/C13H15BrClNO2/c1-9-8-18-12(6-15)7-16(9)13(17)10-2-4-11(14)5-3-10/h2-5,9,12H,6-8H2,1H3. The lowest BCUT2D eigenvalue weighted by atomic mass is 10.1. The maximum atomic E-state index is 12.4. The van der Waals surface area contributed by atoms with E-state index in [1.807, 2.05) is 36.1 Å². The number of rotatable bonds is 2. The molecule has 0 radical (unpaired) electrons. The molecule has 1 aromatic carbocycles. The number of alkyl halides is 1. The third kappa shape index (κ3) is 3.05. The first-order valence-corrected chi connectivity index (χ1v) is 7.18. The molecule has 2 rings (SSSR count). The number of ether oxygens (including phenoxy) is 1. The highest BCUT2D eigenvalue weighted by atomic mass is 79.9. The molecule has 1 aromatic rings. The van der Waals surface area contributed by atoms with Crippen molar-refractivity contribution in [3.63, 3.8) is 0 Å². The smallest absolute Gasteiger partial charge is 0.254 e. The second-order valence-electron chi connectivity index (χ2n) is 4.42. The molecular formula is C13H15BrClNO2. The van der Waals surface area contributed by atoms with E-state index in [0.29, 0.717) is 24.6 Å². The molecule has 98 valence electrons. The molecule has 5 heteroatoms. The summed E-state index contributed by atoms with van der Waals surface area (Å²) in [6, 6.07) is 7.48. The van der Waals surface area contributed by atoms with Crippen LogP contribution in [0.5, 0.6) is 0 Å². The summed E-state index contributed by atoms with van der Waals surface area (Å²) in [5.41, 5.74) is 0.695. The molecule has 1 aliphatic rings. The van der Waals surface area contributed by atoms with Gasteiger partial charge in [-0.05, 0) is 31.2 Å². The van der Waals surface area contributed by atoms with Crippen molar-refractivity contribution < 1.29 is 9.53 Å². The fraction of sp³-hybridized carbons (Fsp3) is 0.462. The lowest BCUT2D eigenvalue weighted by molar-refractivity contribution is -0.0371. The summed E-state index contributed by atoms with van der Waals surface area (Å²) in [6.07, 6.45) is -0.0673. The predicted molar refractivity (Wildman–Crippen MR) is 75.1 cm³/mol. The summed E-state index contributed by atoms with van der Waals surface area (Å²) < 4.78 is 6.51. The molecule has 2 unspecified atom stereocenters. The molecule has 18 heavy (non-hydrogen) atoms. The number of benzene rings is 1. The molecule has 1 saturated heterocycles. The van der Waals surface area contributed by atoms with Crippen LogP contribution in [0.2, 0.25) is 0 Å². The maximum Gasteiger partial charge on any atom is 0.254 e. The number of nitrogens with zero attached hydrogens (tertiary/aromatic N) is 1. The predicted octanol–water partition coefficient (Wildman–Crippen LogP) is 2.92. The Morgan fingerprint density at radius 3 is 2.78 bits per heavy atom. The molecule has 1 amide bonds. The van der Waals surface area contributed by atoms with Crippen LogP contribution in [0.25, 0.3) is 0 Å². The van der Waals surface area contributed by atoms with E-state index in [0.717, 1.165) is 4.47 Å². The number of carbonyl (C=O) groups is 1. The van der Waals surface area contributed by atoms with Gasteiger partial charge in [0.2, 0.25) is 0 Å². The molecule has 0 bridgehead atoms.